The molecule has 3 rings (SSSR count). The van der Waals surface area contributed by atoms with E-state index < -0.39 is 11.5 Å². The van der Waals surface area contributed by atoms with Gasteiger partial charge in [-0.05, 0) is 18.8 Å². The first-order valence-electron chi connectivity index (χ1n) is 7.70. The highest BCUT2D eigenvalue weighted by Crippen LogP contribution is 2.30. The molecule has 118 valence electrons. The Bertz CT molecular complexity index is 410. The number of rotatable bonds is 4. The monoisotopic (exact) mass is 297 g/mol. The molecule has 3 fully saturated rings. The number of nitrogens with one attached hydrogen (secondary N) is 1. The Morgan fingerprint density at radius 2 is 1.95 bits per heavy atom. The number of piperazine rings is 1. The van der Waals surface area contributed by atoms with Crippen molar-refractivity contribution < 1.29 is 19.4 Å². The summed E-state index contributed by atoms with van der Waals surface area (Å²) in [6, 6.07) is -0.283. The topological polar surface area (TPSA) is 82.1 Å². The number of carbonyl (C=O) groups excluding carboxylic acids is 1. The Labute approximate surface area is 124 Å². The van der Waals surface area contributed by atoms with Crippen molar-refractivity contribution in [2.24, 2.45) is 5.92 Å². The first kappa shape index (κ1) is 14.6. The van der Waals surface area contributed by atoms with Crippen LogP contribution in [-0.4, -0.2) is 78.4 Å². The highest BCUT2D eigenvalue weighted by Gasteiger charge is 2.45. The molecule has 2 N–H and O–H groups in total. The SMILES string of the molecule is O=C(NC1(C(=O)O)CCOC1)N1CCN(CC2CC2)CC1. The molecule has 0 spiro atoms. The third-order valence-corrected chi connectivity index (χ3v) is 4.65. The average Bonchev–Trinajstić information content (AvgIpc) is 3.15. The summed E-state index contributed by atoms with van der Waals surface area (Å²) in [5, 5.41) is 12.0. The third-order valence-electron chi connectivity index (χ3n) is 4.65. The number of carboxylic acid groups (broad SMARTS) is 1. The third kappa shape index (κ3) is 3.29. The van der Waals surface area contributed by atoms with Crippen molar-refractivity contribution in [3.8, 4) is 0 Å². The Kier molecular flexibility index (Phi) is 4.03. The number of hydrogen-bond acceptors (Lipinski definition) is 4. The quantitative estimate of drug-likeness (QED) is 0.761. The first-order valence-corrected chi connectivity index (χ1v) is 7.70. The highest BCUT2D eigenvalue weighted by molar-refractivity contribution is 5.86. The fourth-order valence-electron chi connectivity index (χ4n) is 2.97. The van der Waals surface area contributed by atoms with Crippen LogP contribution in [0.1, 0.15) is 19.3 Å². The van der Waals surface area contributed by atoms with E-state index in [1.54, 1.807) is 4.90 Å². The van der Waals surface area contributed by atoms with Gasteiger partial charge in [0.1, 0.15) is 0 Å². The van der Waals surface area contributed by atoms with E-state index in [1.165, 1.54) is 12.8 Å². The standard InChI is InChI=1S/C14H23N3O4/c18-12(19)14(3-8-21-10-14)15-13(20)17-6-4-16(5-7-17)9-11-1-2-11/h11H,1-10H2,(H,15,20)(H,18,19). The molecule has 2 aliphatic heterocycles. The lowest BCUT2D eigenvalue weighted by molar-refractivity contribution is -0.144. The van der Waals surface area contributed by atoms with Crippen LogP contribution in [0.15, 0.2) is 0 Å². The maximum atomic E-state index is 12.3. The lowest BCUT2D eigenvalue weighted by atomic mass is 9.99. The normalized spacial score (nSPS) is 30.4. The maximum Gasteiger partial charge on any atom is 0.332 e. The fraction of sp³-hybridized carbons (Fsp3) is 0.857. The lowest BCUT2D eigenvalue weighted by Crippen LogP contribution is -2.61. The summed E-state index contributed by atoms with van der Waals surface area (Å²) in [7, 11) is 0. The molecule has 2 amide bonds. The van der Waals surface area contributed by atoms with Crippen LogP contribution in [0, 0.1) is 5.92 Å². The summed E-state index contributed by atoms with van der Waals surface area (Å²) in [6.07, 6.45) is 3.00. The molecule has 7 heteroatoms. The predicted molar refractivity (Wildman–Crippen MR) is 75.1 cm³/mol. The van der Waals surface area contributed by atoms with Crippen molar-refractivity contribution in [3.05, 3.63) is 0 Å². The van der Waals surface area contributed by atoms with Crippen molar-refractivity contribution in [1.82, 2.24) is 15.1 Å². The maximum absolute atomic E-state index is 12.3. The lowest BCUT2D eigenvalue weighted by Gasteiger charge is -2.36. The summed E-state index contributed by atoms with van der Waals surface area (Å²) in [5.41, 5.74) is -1.25. The van der Waals surface area contributed by atoms with Gasteiger partial charge in [-0.2, -0.15) is 0 Å². The summed E-state index contributed by atoms with van der Waals surface area (Å²) in [4.78, 5) is 27.8. The van der Waals surface area contributed by atoms with Gasteiger partial charge in [-0.25, -0.2) is 9.59 Å². The van der Waals surface area contributed by atoms with Gasteiger partial charge < -0.3 is 20.1 Å². The number of urea groups is 1. The Morgan fingerprint density at radius 3 is 2.48 bits per heavy atom. The molecule has 0 aromatic heterocycles. The van der Waals surface area contributed by atoms with Crippen molar-refractivity contribution in [3.63, 3.8) is 0 Å². The smallest absolute Gasteiger partial charge is 0.332 e. The van der Waals surface area contributed by atoms with Crippen LogP contribution < -0.4 is 5.32 Å². The second-order valence-electron chi connectivity index (χ2n) is 6.35. The molecular weight excluding hydrogens is 274 g/mol. The van der Waals surface area contributed by atoms with Gasteiger partial charge in [-0.1, -0.05) is 0 Å². The van der Waals surface area contributed by atoms with Gasteiger partial charge in [0.05, 0.1) is 6.61 Å². The van der Waals surface area contributed by atoms with E-state index in [9.17, 15) is 14.7 Å². The van der Waals surface area contributed by atoms with Gasteiger partial charge in [0, 0.05) is 45.8 Å². The van der Waals surface area contributed by atoms with Crippen molar-refractivity contribution in [1.29, 1.82) is 0 Å². The number of amides is 2. The van der Waals surface area contributed by atoms with Crippen molar-refractivity contribution in [2.75, 3.05) is 45.9 Å². The number of carbonyl (C=O) groups is 2. The Morgan fingerprint density at radius 1 is 1.24 bits per heavy atom. The first-order chi connectivity index (χ1) is 10.1. The van der Waals surface area contributed by atoms with Gasteiger partial charge >= 0.3 is 12.0 Å². The van der Waals surface area contributed by atoms with Gasteiger partial charge in [0.15, 0.2) is 5.54 Å². The molecule has 1 unspecified atom stereocenters. The minimum absolute atomic E-state index is 0.0513. The molecule has 0 radical (unpaired) electrons. The summed E-state index contributed by atoms with van der Waals surface area (Å²) in [5.74, 6) is -0.156. The zero-order valence-electron chi connectivity index (χ0n) is 12.2. The molecule has 0 bridgehead atoms. The Balaban J connectivity index is 1.50. The van der Waals surface area contributed by atoms with E-state index in [2.05, 4.69) is 10.2 Å². The fourth-order valence-corrected chi connectivity index (χ4v) is 2.97. The van der Waals surface area contributed by atoms with Crippen LogP contribution in [0.2, 0.25) is 0 Å². The summed E-state index contributed by atoms with van der Waals surface area (Å²) in [6.45, 7) is 4.64. The van der Waals surface area contributed by atoms with Crippen molar-refractivity contribution >= 4 is 12.0 Å². The molecule has 7 nitrogen and oxygen atoms in total. The molecular formula is C14H23N3O4. The predicted octanol–water partition coefficient (Wildman–Crippen LogP) is -0.0327. The highest BCUT2D eigenvalue weighted by atomic mass is 16.5. The largest absolute Gasteiger partial charge is 0.479 e. The van der Waals surface area contributed by atoms with E-state index in [0.29, 0.717) is 26.1 Å². The Hall–Kier alpha value is -1.34. The van der Waals surface area contributed by atoms with Gasteiger partial charge in [0.25, 0.3) is 0 Å². The zero-order valence-corrected chi connectivity index (χ0v) is 12.2. The van der Waals surface area contributed by atoms with E-state index in [1.807, 2.05) is 0 Å². The minimum atomic E-state index is -1.25. The van der Waals surface area contributed by atoms with E-state index in [0.717, 1.165) is 25.6 Å². The molecule has 2 saturated heterocycles. The van der Waals surface area contributed by atoms with Gasteiger partial charge in [0.2, 0.25) is 0 Å². The van der Waals surface area contributed by atoms with Crippen LogP contribution in [0.3, 0.4) is 0 Å². The second-order valence-corrected chi connectivity index (χ2v) is 6.35. The van der Waals surface area contributed by atoms with Gasteiger partial charge in [-0.15, -0.1) is 0 Å². The number of aliphatic carboxylic acids is 1. The average molecular weight is 297 g/mol. The van der Waals surface area contributed by atoms with Crippen LogP contribution >= 0.6 is 0 Å². The molecule has 1 atom stereocenters. The molecule has 21 heavy (non-hydrogen) atoms. The minimum Gasteiger partial charge on any atom is -0.479 e. The van der Waals surface area contributed by atoms with Crippen LogP contribution in [0.5, 0.6) is 0 Å². The van der Waals surface area contributed by atoms with E-state index >= 15 is 0 Å². The van der Waals surface area contributed by atoms with Crippen LogP contribution in [-0.2, 0) is 9.53 Å². The summed E-state index contributed by atoms with van der Waals surface area (Å²) >= 11 is 0. The molecule has 3 aliphatic rings. The number of carboxylic acids is 1. The molecule has 2 heterocycles. The molecule has 0 aromatic carbocycles. The summed E-state index contributed by atoms with van der Waals surface area (Å²) < 4.78 is 5.16. The van der Waals surface area contributed by atoms with Crippen molar-refractivity contribution in [2.45, 2.75) is 24.8 Å². The number of ether oxygens (including phenoxy) is 1. The van der Waals surface area contributed by atoms with Crippen LogP contribution in [0.25, 0.3) is 0 Å². The van der Waals surface area contributed by atoms with Crippen LogP contribution in [0.4, 0.5) is 4.79 Å². The number of hydrogen-bond donors (Lipinski definition) is 2. The second kappa shape index (κ2) is 5.81. The van der Waals surface area contributed by atoms with E-state index in [4.69, 9.17) is 4.74 Å². The molecule has 1 aliphatic carbocycles. The molecule has 1 saturated carbocycles. The number of nitrogens with zero attached hydrogens (tertiary/aromatic N) is 2. The molecule has 0 aromatic rings. The van der Waals surface area contributed by atoms with Gasteiger partial charge in [-0.3, -0.25) is 4.90 Å². The van der Waals surface area contributed by atoms with E-state index in [-0.39, 0.29) is 12.6 Å². The zero-order chi connectivity index (χ0) is 14.9.